The van der Waals surface area contributed by atoms with E-state index in [0.717, 1.165) is 33.2 Å². The fourth-order valence-electron chi connectivity index (χ4n) is 2.12. The molecule has 98 valence electrons. The van der Waals surface area contributed by atoms with Crippen LogP contribution in [0.5, 0.6) is 0 Å². The molecule has 0 aliphatic heterocycles. The minimum Gasteiger partial charge on any atom is -0.329 e. The maximum absolute atomic E-state index is 5.39. The van der Waals surface area contributed by atoms with Crippen LogP contribution in [0.2, 0.25) is 0 Å². The number of rotatable bonds is 3. The smallest absolute Gasteiger partial charge is 0.179 e. The Balaban J connectivity index is 2.03. The monoisotopic (exact) mass is 290 g/mol. The van der Waals surface area contributed by atoms with Gasteiger partial charge < -0.3 is 9.55 Å². The van der Waals surface area contributed by atoms with E-state index >= 15 is 0 Å². The third-order valence-corrected chi connectivity index (χ3v) is 4.42. The highest BCUT2D eigenvalue weighted by Gasteiger charge is 2.13. The molecular weight excluding hydrogens is 276 g/mol. The lowest BCUT2D eigenvalue weighted by molar-refractivity contribution is 0.598. The summed E-state index contributed by atoms with van der Waals surface area (Å²) in [7, 11) is 0. The number of hydrogen-bond acceptors (Lipinski definition) is 4. The van der Waals surface area contributed by atoms with Crippen LogP contribution in [0.4, 0.5) is 0 Å². The molecular formula is C13H14N4S2. The average molecular weight is 290 g/mol. The zero-order chi connectivity index (χ0) is 13.4. The Hall–Kier alpha value is -1.53. The van der Waals surface area contributed by atoms with Gasteiger partial charge in [-0.15, -0.1) is 11.3 Å². The molecule has 3 aromatic rings. The van der Waals surface area contributed by atoms with Crippen LogP contribution in [0, 0.1) is 11.7 Å². The summed E-state index contributed by atoms with van der Waals surface area (Å²) in [5, 5.41) is 3.13. The van der Waals surface area contributed by atoms with Crippen LogP contribution in [0.25, 0.3) is 11.2 Å². The number of fused-ring (bicyclic) bond motifs is 1. The summed E-state index contributed by atoms with van der Waals surface area (Å²) >= 11 is 7.07. The van der Waals surface area contributed by atoms with Gasteiger partial charge in [0.15, 0.2) is 10.4 Å². The van der Waals surface area contributed by atoms with Crippen molar-refractivity contribution in [2.24, 2.45) is 0 Å². The second kappa shape index (κ2) is 4.86. The van der Waals surface area contributed by atoms with E-state index in [4.69, 9.17) is 12.2 Å². The zero-order valence-electron chi connectivity index (χ0n) is 10.8. The Morgan fingerprint density at radius 1 is 1.47 bits per heavy atom. The number of nitrogens with zero attached hydrogens (tertiary/aromatic N) is 3. The Kier molecular flexibility index (Phi) is 3.20. The predicted octanol–water partition coefficient (Wildman–Crippen LogP) is 3.66. The highest BCUT2D eigenvalue weighted by Crippen LogP contribution is 2.22. The predicted molar refractivity (Wildman–Crippen MR) is 80.2 cm³/mol. The number of H-pyrrole nitrogens is 1. The quantitative estimate of drug-likeness (QED) is 0.749. The minimum absolute atomic E-state index is 0.327. The van der Waals surface area contributed by atoms with Crippen molar-refractivity contribution in [1.29, 1.82) is 0 Å². The maximum Gasteiger partial charge on any atom is 0.179 e. The van der Waals surface area contributed by atoms with Gasteiger partial charge in [0.1, 0.15) is 0 Å². The zero-order valence-corrected chi connectivity index (χ0v) is 12.4. The number of hydrogen-bond donors (Lipinski definition) is 1. The first-order valence-electron chi connectivity index (χ1n) is 6.10. The SMILES string of the molecule is Cc1ccc2[nH]c(=S)n(CC(C)c3nccs3)c2n1. The number of aryl methyl sites for hydroxylation is 1. The van der Waals surface area contributed by atoms with Gasteiger partial charge in [-0.25, -0.2) is 9.97 Å². The number of aromatic nitrogens is 4. The van der Waals surface area contributed by atoms with Gasteiger partial charge in [0, 0.05) is 29.7 Å². The van der Waals surface area contributed by atoms with Crippen molar-refractivity contribution in [3.63, 3.8) is 0 Å². The molecule has 0 bridgehead atoms. The van der Waals surface area contributed by atoms with Crippen molar-refractivity contribution < 1.29 is 0 Å². The molecule has 0 aliphatic rings. The lowest BCUT2D eigenvalue weighted by atomic mass is 10.2. The molecule has 1 N–H and O–H groups in total. The molecule has 0 aromatic carbocycles. The first kappa shape index (κ1) is 12.5. The van der Waals surface area contributed by atoms with Crippen LogP contribution in [0.1, 0.15) is 23.5 Å². The molecule has 19 heavy (non-hydrogen) atoms. The Bertz CT molecular complexity index is 755. The van der Waals surface area contributed by atoms with E-state index in [1.807, 2.05) is 30.6 Å². The molecule has 6 heteroatoms. The van der Waals surface area contributed by atoms with E-state index in [-0.39, 0.29) is 0 Å². The summed E-state index contributed by atoms with van der Waals surface area (Å²) < 4.78 is 2.78. The van der Waals surface area contributed by atoms with E-state index in [1.165, 1.54) is 0 Å². The number of aromatic amines is 1. The molecule has 0 fully saturated rings. The average Bonchev–Trinajstić information content (AvgIpc) is 2.99. The van der Waals surface area contributed by atoms with E-state index in [0.29, 0.717) is 5.92 Å². The summed E-state index contributed by atoms with van der Waals surface area (Å²) in [5.41, 5.74) is 2.91. The van der Waals surface area contributed by atoms with Crippen LogP contribution in [0.3, 0.4) is 0 Å². The molecule has 3 heterocycles. The number of imidazole rings is 1. The fourth-order valence-corrected chi connectivity index (χ4v) is 3.09. The Morgan fingerprint density at radius 2 is 2.32 bits per heavy atom. The van der Waals surface area contributed by atoms with Gasteiger partial charge in [-0.05, 0) is 31.3 Å². The van der Waals surface area contributed by atoms with Gasteiger partial charge in [-0.1, -0.05) is 6.92 Å². The topological polar surface area (TPSA) is 46.5 Å². The highest BCUT2D eigenvalue weighted by atomic mass is 32.1. The van der Waals surface area contributed by atoms with E-state index in [1.54, 1.807) is 11.3 Å². The summed E-state index contributed by atoms with van der Waals surface area (Å²) in [4.78, 5) is 12.1. The van der Waals surface area contributed by atoms with Gasteiger partial charge in [0.25, 0.3) is 0 Å². The lowest BCUT2D eigenvalue weighted by Gasteiger charge is -2.10. The molecule has 0 amide bonds. The lowest BCUT2D eigenvalue weighted by Crippen LogP contribution is -2.07. The molecule has 1 atom stereocenters. The van der Waals surface area contributed by atoms with Gasteiger partial charge in [0.05, 0.1) is 10.5 Å². The molecule has 3 aromatic heterocycles. The van der Waals surface area contributed by atoms with E-state index < -0.39 is 0 Å². The van der Waals surface area contributed by atoms with Crippen molar-refractivity contribution in [3.8, 4) is 0 Å². The summed E-state index contributed by atoms with van der Waals surface area (Å²) in [6.45, 7) is 4.95. The minimum atomic E-state index is 0.327. The first-order valence-corrected chi connectivity index (χ1v) is 7.39. The molecule has 0 radical (unpaired) electrons. The van der Waals surface area contributed by atoms with Crippen LogP contribution in [0.15, 0.2) is 23.7 Å². The van der Waals surface area contributed by atoms with Crippen molar-refractivity contribution >= 4 is 34.7 Å². The largest absolute Gasteiger partial charge is 0.329 e. The van der Waals surface area contributed by atoms with Gasteiger partial charge in [0.2, 0.25) is 0 Å². The molecule has 0 aliphatic carbocycles. The molecule has 1 unspecified atom stereocenters. The second-order valence-electron chi connectivity index (χ2n) is 4.64. The van der Waals surface area contributed by atoms with Crippen molar-refractivity contribution in [2.75, 3.05) is 0 Å². The fraction of sp³-hybridized carbons (Fsp3) is 0.308. The standard InChI is InChI=1S/C13H14N4S2/c1-8(12-14-5-6-19-12)7-17-11-10(16-13(17)18)4-3-9(2)15-11/h3-6,8H,7H2,1-2H3,(H,16,18). The van der Waals surface area contributed by atoms with E-state index in [2.05, 4.69) is 26.4 Å². The summed E-state index contributed by atoms with van der Waals surface area (Å²) in [6.07, 6.45) is 1.84. The van der Waals surface area contributed by atoms with Crippen molar-refractivity contribution in [2.45, 2.75) is 26.3 Å². The van der Waals surface area contributed by atoms with Crippen molar-refractivity contribution in [3.05, 3.63) is 39.2 Å². The normalized spacial score (nSPS) is 12.9. The van der Waals surface area contributed by atoms with Crippen LogP contribution < -0.4 is 0 Å². The first-order chi connectivity index (χ1) is 9.15. The summed E-state index contributed by atoms with van der Waals surface area (Å²) in [5.74, 6) is 0.327. The van der Waals surface area contributed by atoms with E-state index in [9.17, 15) is 0 Å². The molecule has 0 spiro atoms. The third-order valence-electron chi connectivity index (χ3n) is 3.09. The van der Waals surface area contributed by atoms with Gasteiger partial charge >= 0.3 is 0 Å². The Labute approximate surface area is 120 Å². The van der Waals surface area contributed by atoms with Gasteiger partial charge in [-0.3, -0.25) is 0 Å². The van der Waals surface area contributed by atoms with Crippen LogP contribution in [-0.2, 0) is 6.54 Å². The molecule has 0 saturated carbocycles. The third kappa shape index (κ3) is 2.33. The highest BCUT2D eigenvalue weighted by molar-refractivity contribution is 7.71. The molecule has 3 rings (SSSR count). The number of nitrogens with one attached hydrogen (secondary N) is 1. The summed E-state index contributed by atoms with van der Waals surface area (Å²) in [6, 6.07) is 4.01. The number of thiazole rings is 1. The van der Waals surface area contributed by atoms with Gasteiger partial charge in [-0.2, -0.15) is 0 Å². The van der Waals surface area contributed by atoms with Crippen LogP contribution >= 0.6 is 23.6 Å². The Morgan fingerprint density at radius 3 is 3.05 bits per heavy atom. The molecule has 4 nitrogen and oxygen atoms in total. The second-order valence-corrected chi connectivity index (χ2v) is 5.95. The van der Waals surface area contributed by atoms with Crippen LogP contribution in [-0.4, -0.2) is 19.5 Å². The molecule has 0 saturated heterocycles. The van der Waals surface area contributed by atoms with Crippen molar-refractivity contribution in [1.82, 2.24) is 19.5 Å². The maximum atomic E-state index is 5.39. The number of pyridine rings is 1.